The van der Waals surface area contributed by atoms with E-state index in [0.717, 1.165) is 0 Å². The Bertz CT molecular complexity index is 480. The normalized spacial score (nSPS) is 34.7. The predicted octanol–water partition coefficient (Wildman–Crippen LogP) is -1.64. The van der Waals surface area contributed by atoms with E-state index in [0.29, 0.717) is 0 Å². The van der Waals surface area contributed by atoms with Crippen molar-refractivity contribution < 1.29 is 26.3 Å². The van der Waals surface area contributed by atoms with Crippen LogP contribution in [0.5, 0.6) is 0 Å². The average molecular weight is 403 g/mol. The maximum atomic E-state index is 10.9. The van der Waals surface area contributed by atoms with Gasteiger partial charge in [-0.3, -0.25) is 0 Å². The fourth-order valence-electron chi connectivity index (χ4n) is 2.17. The Balaban J connectivity index is 0. The summed E-state index contributed by atoms with van der Waals surface area (Å²) in [6.45, 7) is 0. The highest BCUT2D eigenvalue weighted by Gasteiger charge is 2.35. The van der Waals surface area contributed by atoms with E-state index in [9.17, 15) is 16.8 Å². The third kappa shape index (κ3) is 7.26. The SMILES string of the molecule is CO[C@@H]1CS(=O)(=O)C[C@H]1N.CO[C@H]1CS(=O)(=O)C[C@@H]1N.Cl.Cl. The molecule has 0 aliphatic carbocycles. The summed E-state index contributed by atoms with van der Waals surface area (Å²) in [6, 6.07) is -0.676. The molecule has 136 valence electrons. The first-order valence-electron chi connectivity index (χ1n) is 6.08. The summed E-state index contributed by atoms with van der Waals surface area (Å²) >= 11 is 0. The lowest BCUT2D eigenvalue weighted by Crippen LogP contribution is -2.34. The zero-order valence-corrected chi connectivity index (χ0v) is 15.6. The van der Waals surface area contributed by atoms with Gasteiger partial charge in [0.25, 0.3) is 0 Å². The maximum absolute atomic E-state index is 10.9. The van der Waals surface area contributed by atoms with E-state index in [-0.39, 0.29) is 72.1 Å². The largest absolute Gasteiger partial charge is 0.379 e. The Morgan fingerprint density at radius 3 is 1.09 bits per heavy atom. The van der Waals surface area contributed by atoms with Gasteiger partial charge >= 0.3 is 0 Å². The minimum atomic E-state index is -2.91. The van der Waals surface area contributed by atoms with Gasteiger partial charge in [-0.05, 0) is 0 Å². The third-order valence-electron chi connectivity index (χ3n) is 3.29. The van der Waals surface area contributed by atoms with Crippen molar-refractivity contribution in [3.05, 3.63) is 0 Å². The van der Waals surface area contributed by atoms with E-state index in [2.05, 4.69) is 0 Å². The molecule has 0 aromatic carbocycles. The van der Waals surface area contributed by atoms with E-state index in [1.807, 2.05) is 0 Å². The lowest BCUT2D eigenvalue weighted by atomic mass is 10.2. The van der Waals surface area contributed by atoms with Crippen molar-refractivity contribution in [3.63, 3.8) is 0 Å². The van der Waals surface area contributed by atoms with Crippen LogP contribution in [-0.4, -0.2) is 78.4 Å². The molecule has 0 spiro atoms. The lowest BCUT2D eigenvalue weighted by Gasteiger charge is -2.09. The van der Waals surface area contributed by atoms with Crippen LogP contribution in [0.15, 0.2) is 0 Å². The molecule has 4 atom stereocenters. The topological polar surface area (TPSA) is 139 Å². The van der Waals surface area contributed by atoms with Gasteiger partial charge in [0.1, 0.15) is 0 Å². The molecular formula is C10H24Cl2N2O6S2. The van der Waals surface area contributed by atoms with Crippen LogP contribution in [0.1, 0.15) is 0 Å². The molecule has 0 aromatic heterocycles. The van der Waals surface area contributed by atoms with Crippen molar-refractivity contribution >= 4 is 44.5 Å². The highest BCUT2D eigenvalue weighted by atomic mass is 35.5. The molecule has 4 N–H and O–H groups in total. The van der Waals surface area contributed by atoms with Gasteiger partial charge in [0.15, 0.2) is 19.7 Å². The van der Waals surface area contributed by atoms with Crippen LogP contribution in [0.4, 0.5) is 0 Å². The molecule has 12 heteroatoms. The number of rotatable bonds is 2. The molecule has 0 saturated carbocycles. The summed E-state index contributed by atoms with van der Waals surface area (Å²) in [6.07, 6.45) is -0.602. The summed E-state index contributed by atoms with van der Waals surface area (Å²) in [7, 11) is -2.86. The molecular weight excluding hydrogens is 379 g/mol. The van der Waals surface area contributed by atoms with Crippen molar-refractivity contribution in [1.82, 2.24) is 0 Å². The van der Waals surface area contributed by atoms with Crippen molar-refractivity contribution in [2.24, 2.45) is 11.5 Å². The summed E-state index contributed by atoms with van der Waals surface area (Å²) in [5, 5.41) is 0. The first kappa shape index (κ1) is 24.6. The minimum Gasteiger partial charge on any atom is -0.379 e. The Hall–Kier alpha value is 0.320. The Labute approximate surface area is 143 Å². The predicted molar refractivity (Wildman–Crippen MR) is 89.3 cm³/mol. The van der Waals surface area contributed by atoms with Crippen LogP contribution in [-0.2, 0) is 29.1 Å². The van der Waals surface area contributed by atoms with Crippen molar-refractivity contribution in [2.75, 3.05) is 37.2 Å². The molecule has 0 bridgehead atoms. The molecule has 22 heavy (non-hydrogen) atoms. The smallest absolute Gasteiger partial charge is 0.154 e. The van der Waals surface area contributed by atoms with Gasteiger partial charge < -0.3 is 20.9 Å². The number of hydrogen-bond acceptors (Lipinski definition) is 8. The minimum absolute atomic E-state index is 0. The summed E-state index contributed by atoms with van der Waals surface area (Å²) < 4.78 is 53.1. The fourth-order valence-corrected chi connectivity index (χ4v) is 5.81. The molecule has 2 saturated heterocycles. The Morgan fingerprint density at radius 2 is 1.00 bits per heavy atom. The number of nitrogens with two attached hydrogens (primary N) is 2. The first-order chi connectivity index (χ1) is 9.10. The fraction of sp³-hybridized carbons (Fsp3) is 1.00. The van der Waals surface area contributed by atoms with Gasteiger partial charge in [0.2, 0.25) is 0 Å². The molecule has 2 fully saturated rings. The van der Waals surface area contributed by atoms with Crippen LogP contribution in [0.25, 0.3) is 0 Å². The summed E-state index contributed by atoms with van der Waals surface area (Å²) in [5.41, 5.74) is 10.9. The highest BCUT2D eigenvalue weighted by molar-refractivity contribution is 7.92. The van der Waals surface area contributed by atoms with Gasteiger partial charge in [0, 0.05) is 26.3 Å². The van der Waals surface area contributed by atoms with Gasteiger partial charge in [-0.2, -0.15) is 0 Å². The number of halogens is 2. The maximum Gasteiger partial charge on any atom is 0.154 e. The van der Waals surface area contributed by atoms with Crippen molar-refractivity contribution in [1.29, 1.82) is 0 Å². The standard InChI is InChI=1S/2C5H11NO3S.2ClH/c2*1-9-5-3-10(7,8)2-4(5)6;;/h2*4-5H,2-3,6H2,1H3;2*1H/t2*4-,5-;;/m10../s1. The molecule has 2 heterocycles. The van der Waals surface area contributed by atoms with Gasteiger partial charge in [-0.25, -0.2) is 16.8 Å². The number of ether oxygens (including phenoxy) is 2. The van der Waals surface area contributed by atoms with Crippen LogP contribution in [0, 0.1) is 0 Å². The molecule has 0 unspecified atom stereocenters. The molecule has 2 aliphatic heterocycles. The summed E-state index contributed by atoms with van der Waals surface area (Å²) in [5.74, 6) is 0.270. The lowest BCUT2D eigenvalue weighted by molar-refractivity contribution is 0.110. The van der Waals surface area contributed by atoms with Gasteiger partial charge in [0.05, 0.1) is 35.2 Å². The van der Waals surface area contributed by atoms with Crippen LogP contribution in [0.2, 0.25) is 0 Å². The second kappa shape index (κ2) is 9.58. The average Bonchev–Trinajstić information content (AvgIpc) is 2.73. The van der Waals surface area contributed by atoms with Crippen LogP contribution < -0.4 is 11.5 Å². The Kier molecular flexibility index (Phi) is 10.7. The molecule has 0 amide bonds. The number of sulfone groups is 2. The second-order valence-electron chi connectivity index (χ2n) is 5.03. The molecule has 0 aromatic rings. The quantitative estimate of drug-likeness (QED) is 0.560. The third-order valence-corrected chi connectivity index (χ3v) is 6.75. The molecule has 0 radical (unpaired) electrons. The van der Waals surface area contributed by atoms with E-state index in [1.54, 1.807) is 0 Å². The van der Waals surface area contributed by atoms with Crippen molar-refractivity contribution in [3.8, 4) is 0 Å². The zero-order valence-electron chi connectivity index (χ0n) is 12.4. The molecule has 8 nitrogen and oxygen atoms in total. The van der Waals surface area contributed by atoms with Gasteiger partial charge in [-0.1, -0.05) is 0 Å². The molecule has 2 aliphatic rings. The molecule has 2 rings (SSSR count). The monoisotopic (exact) mass is 402 g/mol. The second-order valence-corrected chi connectivity index (χ2v) is 9.34. The Morgan fingerprint density at radius 1 is 0.727 bits per heavy atom. The van der Waals surface area contributed by atoms with E-state index >= 15 is 0 Å². The first-order valence-corrected chi connectivity index (χ1v) is 9.72. The van der Waals surface area contributed by atoms with Crippen LogP contribution >= 0.6 is 24.8 Å². The number of methoxy groups -OCH3 is 2. The van der Waals surface area contributed by atoms with E-state index < -0.39 is 19.7 Å². The number of hydrogen-bond donors (Lipinski definition) is 2. The summed E-state index contributed by atoms with van der Waals surface area (Å²) in [4.78, 5) is 0. The van der Waals surface area contributed by atoms with Gasteiger partial charge in [-0.15, -0.1) is 24.8 Å². The van der Waals surface area contributed by atoms with E-state index in [1.165, 1.54) is 14.2 Å². The highest BCUT2D eigenvalue weighted by Crippen LogP contribution is 2.13. The van der Waals surface area contributed by atoms with E-state index in [4.69, 9.17) is 20.9 Å². The van der Waals surface area contributed by atoms with Crippen LogP contribution in [0.3, 0.4) is 0 Å². The zero-order chi connectivity index (χ0) is 15.6. The van der Waals surface area contributed by atoms with Crippen molar-refractivity contribution in [2.45, 2.75) is 24.3 Å².